The van der Waals surface area contributed by atoms with Gasteiger partial charge in [0.2, 0.25) is 5.88 Å². The Bertz CT molecular complexity index is 1110. The van der Waals surface area contributed by atoms with Crippen molar-refractivity contribution in [3.05, 3.63) is 72.2 Å². The third-order valence-electron chi connectivity index (χ3n) is 4.75. The van der Waals surface area contributed by atoms with Gasteiger partial charge in [0.1, 0.15) is 18.1 Å². The highest BCUT2D eigenvalue weighted by molar-refractivity contribution is 6.07. The van der Waals surface area contributed by atoms with Crippen LogP contribution in [0.1, 0.15) is 21.9 Å². The number of hydrogen-bond acceptors (Lipinski definition) is 7. The molecule has 0 spiro atoms. The Balaban J connectivity index is 1.42. The summed E-state index contributed by atoms with van der Waals surface area (Å²) in [7, 11) is 1.68. The number of nitrogens with one attached hydrogen (secondary N) is 3. The van der Waals surface area contributed by atoms with Crippen LogP contribution in [-0.4, -0.2) is 43.9 Å². The molecule has 1 atom stereocenters. The maximum absolute atomic E-state index is 12.6. The van der Waals surface area contributed by atoms with Crippen molar-refractivity contribution in [2.45, 2.75) is 12.1 Å². The summed E-state index contributed by atoms with van der Waals surface area (Å²) in [5.74, 6) is -0.619. The SMILES string of the molecule is Cn1ccnc1C1(CNC(=O)c2cnc(OCc3ccccc3)cn2)NC(=O)NC1=O. The molecule has 1 aliphatic rings. The van der Waals surface area contributed by atoms with Gasteiger partial charge in [-0.3, -0.25) is 14.9 Å². The van der Waals surface area contributed by atoms with Gasteiger partial charge in [-0.25, -0.2) is 19.7 Å². The molecule has 11 nitrogen and oxygen atoms in total. The normalized spacial score (nSPS) is 17.7. The van der Waals surface area contributed by atoms with E-state index in [9.17, 15) is 14.4 Å². The van der Waals surface area contributed by atoms with Crippen molar-refractivity contribution >= 4 is 17.8 Å². The van der Waals surface area contributed by atoms with E-state index in [1.165, 1.54) is 18.6 Å². The Labute approximate surface area is 176 Å². The smallest absolute Gasteiger partial charge is 0.322 e. The molecule has 1 fully saturated rings. The molecule has 0 bridgehead atoms. The molecule has 11 heteroatoms. The van der Waals surface area contributed by atoms with Gasteiger partial charge >= 0.3 is 6.03 Å². The fraction of sp³-hybridized carbons (Fsp3) is 0.200. The summed E-state index contributed by atoms with van der Waals surface area (Å²) in [6.07, 6.45) is 5.75. The Kier molecular flexibility index (Phi) is 5.31. The number of urea groups is 1. The number of rotatable bonds is 7. The molecular weight excluding hydrogens is 402 g/mol. The summed E-state index contributed by atoms with van der Waals surface area (Å²) in [6, 6.07) is 8.90. The molecule has 4 rings (SSSR count). The average molecular weight is 421 g/mol. The highest BCUT2D eigenvalue weighted by Gasteiger charge is 2.50. The van der Waals surface area contributed by atoms with Crippen molar-refractivity contribution in [3.63, 3.8) is 0 Å². The van der Waals surface area contributed by atoms with Gasteiger partial charge in [0.25, 0.3) is 11.8 Å². The number of aromatic nitrogens is 4. The largest absolute Gasteiger partial charge is 0.472 e. The zero-order chi connectivity index (χ0) is 21.8. The van der Waals surface area contributed by atoms with Crippen LogP contribution in [0.25, 0.3) is 0 Å². The van der Waals surface area contributed by atoms with E-state index in [2.05, 4.69) is 30.9 Å². The molecule has 0 saturated carbocycles. The predicted octanol–water partition coefficient (Wildman–Crippen LogP) is 0.254. The van der Waals surface area contributed by atoms with Crippen LogP contribution in [0.5, 0.6) is 5.88 Å². The molecule has 4 amide bonds. The number of ether oxygens (including phenoxy) is 1. The molecule has 158 valence electrons. The van der Waals surface area contributed by atoms with E-state index in [0.29, 0.717) is 6.61 Å². The molecule has 0 aliphatic carbocycles. The van der Waals surface area contributed by atoms with Gasteiger partial charge in [-0.05, 0) is 5.56 Å². The van der Waals surface area contributed by atoms with Crippen LogP contribution in [0.3, 0.4) is 0 Å². The summed E-state index contributed by atoms with van der Waals surface area (Å²) >= 11 is 0. The first-order valence-corrected chi connectivity index (χ1v) is 9.36. The second kappa shape index (κ2) is 8.22. The minimum atomic E-state index is -1.53. The van der Waals surface area contributed by atoms with E-state index in [1.807, 2.05) is 30.3 Å². The molecule has 1 unspecified atom stereocenters. The van der Waals surface area contributed by atoms with E-state index in [0.717, 1.165) is 5.56 Å². The molecule has 1 saturated heterocycles. The lowest BCUT2D eigenvalue weighted by atomic mass is 9.98. The van der Waals surface area contributed by atoms with Crippen LogP contribution < -0.4 is 20.7 Å². The number of amides is 4. The number of carbonyl (C=O) groups is 3. The van der Waals surface area contributed by atoms with E-state index in [1.54, 1.807) is 17.8 Å². The Morgan fingerprint density at radius 3 is 2.58 bits per heavy atom. The van der Waals surface area contributed by atoms with Crippen LogP contribution in [0.4, 0.5) is 4.79 Å². The first-order chi connectivity index (χ1) is 15.0. The van der Waals surface area contributed by atoms with Gasteiger partial charge in [0.05, 0.1) is 18.9 Å². The van der Waals surface area contributed by atoms with Crippen molar-refractivity contribution in [1.82, 2.24) is 35.5 Å². The summed E-state index contributed by atoms with van der Waals surface area (Å²) < 4.78 is 7.15. The second-order valence-electron chi connectivity index (χ2n) is 6.87. The summed E-state index contributed by atoms with van der Waals surface area (Å²) in [6.45, 7) is 0.101. The van der Waals surface area contributed by atoms with Gasteiger partial charge in [-0.15, -0.1) is 0 Å². The molecule has 3 N–H and O–H groups in total. The molecule has 3 heterocycles. The van der Waals surface area contributed by atoms with Gasteiger partial charge < -0.3 is 19.9 Å². The molecule has 1 aromatic carbocycles. The van der Waals surface area contributed by atoms with Crippen LogP contribution in [0.2, 0.25) is 0 Å². The van der Waals surface area contributed by atoms with Crippen molar-refractivity contribution in [2.75, 3.05) is 6.54 Å². The van der Waals surface area contributed by atoms with Crippen LogP contribution in [0, 0.1) is 0 Å². The average Bonchev–Trinajstić information content (AvgIpc) is 3.34. The van der Waals surface area contributed by atoms with Crippen LogP contribution >= 0.6 is 0 Å². The highest BCUT2D eigenvalue weighted by Crippen LogP contribution is 2.22. The molecular formula is C20H19N7O4. The number of imidazole rings is 1. The lowest BCUT2D eigenvalue weighted by Crippen LogP contribution is -2.54. The van der Waals surface area contributed by atoms with Gasteiger partial charge in [0, 0.05) is 19.4 Å². The van der Waals surface area contributed by atoms with Gasteiger partial charge in [-0.1, -0.05) is 30.3 Å². The second-order valence-corrected chi connectivity index (χ2v) is 6.87. The quantitative estimate of drug-likeness (QED) is 0.465. The highest BCUT2D eigenvalue weighted by atomic mass is 16.5. The first-order valence-electron chi connectivity index (χ1n) is 9.36. The lowest BCUT2D eigenvalue weighted by molar-refractivity contribution is -0.124. The minimum Gasteiger partial charge on any atom is -0.472 e. The fourth-order valence-corrected chi connectivity index (χ4v) is 3.17. The molecule has 3 aromatic rings. The third-order valence-corrected chi connectivity index (χ3v) is 4.75. The Hall–Kier alpha value is -4.28. The number of aryl methyl sites for hydroxylation is 1. The van der Waals surface area contributed by atoms with E-state index in [-0.39, 0.29) is 23.9 Å². The standard InChI is InChI=1S/C20H19N7O4/c1-27-8-7-21-17(27)20(18(29)25-19(30)26-20)12-24-16(28)14-9-23-15(10-22-14)31-11-13-5-3-2-4-6-13/h2-10H,11-12H2,1H3,(H,24,28)(H2,25,26,29,30). The van der Waals surface area contributed by atoms with E-state index in [4.69, 9.17) is 4.74 Å². The summed E-state index contributed by atoms with van der Waals surface area (Å²) in [4.78, 5) is 49.1. The fourth-order valence-electron chi connectivity index (χ4n) is 3.17. The van der Waals surface area contributed by atoms with Gasteiger partial charge in [0.15, 0.2) is 5.54 Å². The van der Waals surface area contributed by atoms with Crippen molar-refractivity contribution in [1.29, 1.82) is 0 Å². The number of nitrogens with zero attached hydrogens (tertiary/aromatic N) is 4. The molecule has 31 heavy (non-hydrogen) atoms. The van der Waals surface area contributed by atoms with Crippen LogP contribution in [-0.2, 0) is 24.0 Å². The monoisotopic (exact) mass is 421 g/mol. The number of carbonyl (C=O) groups excluding carboxylic acids is 3. The predicted molar refractivity (Wildman–Crippen MR) is 107 cm³/mol. The van der Waals surface area contributed by atoms with Crippen LogP contribution in [0.15, 0.2) is 55.1 Å². The Morgan fingerprint density at radius 2 is 1.97 bits per heavy atom. The minimum absolute atomic E-state index is 0.0341. The van der Waals surface area contributed by atoms with E-state index >= 15 is 0 Å². The maximum Gasteiger partial charge on any atom is 0.322 e. The van der Waals surface area contributed by atoms with Crippen molar-refractivity contribution in [2.24, 2.45) is 7.05 Å². The third kappa shape index (κ3) is 4.06. The summed E-state index contributed by atoms with van der Waals surface area (Å²) in [5, 5.41) is 7.35. The lowest BCUT2D eigenvalue weighted by Gasteiger charge is -2.25. The summed E-state index contributed by atoms with van der Waals surface area (Å²) in [5.41, 5.74) is -0.522. The zero-order valence-corrected chi connectivity index (χ0v) is 16.5. The molecule has 0 radical (unpaired) electrons. The van der Waals surface area contributed by atoms with Gasteiger partial charge in [-0.2, -0.15) is 0 Å². The molecule has 1 aliphatic heterocycles. The number of benzene rings is 1. The first kappa shape index (κ1) is 20.0. The van der Waals surface area contributed by atoms with Crippen molar-refractivity contribution < 1.29 is 19.1 Å². The Morgan fingerprint density at radius 1 is 1.16 bits per heavy atom. The molecule has 2 aromatic heterocycles. The maximum atomic E-state index is 12.6. The van der Waals surface area contributed by atoms with Crippen molar-refractivity contribution in [3.8, 4) is 5.88 Å². The topological polar surface area (TPSA) is 140 Å². The number of imide groups is 1. The zero-order valence-electron chi connectivity index (χ0n) is 16.5. The van der Waals surface area contributed by atoms with E-state index < -0.39 is 23.4 Å². The number of hydrogen-bond donors (Lipinski definition) is 3.